The van der Waals surface area contributed by atoms with E-state index < -0.39 is 11.7 Å². The van der Waals surface area contributed by atoms with Crippen LogP contribution >= 0.6 is 0 Å². The Morgan fingerprint density at radius 2 is 2.04 bits per heavy atom. The molecular weight excluding hydrogens is 308 g/mol. The second-order valence-corrected chi connectivity index (χ2v) is 5.71. The Hall–Kier alpha value is -2.76. The van der Waals surface area contributed by atoms with Crippen LogP contribution in [0, 0.1) is 0 Å². The number of amides is 1. The SMILES string of the molecule is COc1cccc2c1OCCCN(C(=O)C(=O)c1cccn1C)C2. The molecular formula is C18H20N2O4. The maximum absolute atomic E-state index is 12.7. The van der Waals surface area contributed by atoms with Crippen LogP contribution in [-0.2, 0) is 18.4 Å². The molecule has 0 unspecified atom stereocenters. The van der Waals surface area contributed by atoms with E-state index in [9.17, 15) is 9.59 Å². The Morgan fingerprint density at radius 3 is 2.75 bits per heavy atom. The molecule has 126 valence electrons. The van der Waals surface area contributed by atoms with Crippen LogP contribution in [0.25, 0.3) is 0 Å². The van der Waals surface area contributed by atoms with Gasteiger partial charge in [-0.3, -0.25) is 9.59 Å². The minimum absolute atomic E-state index is 0.321. The average Bonchev–Trinajstić information content (AvgIpc) is 2.99. The molecule has 0 N–H and O–H groups in total. The molecule has 0 radical (unpaired) electrons. The third-order valence-electron chi connectivity index (χ3n) is 4.12. The van der Waals surface area contributed by atoms with Crippen LogP contribution in [0.5, 0.6) is 11.5 Å². The molecule has 0 bridgehead atoms. The first-order valence-corrected chi connectivity index (χ1v) is 7.85. The lowest BCUT2D eigenvalue weighted by atomic mass is 10.1. The van der Waals surface area contributed by atoms with Crippen molar-refractivity contribution in [3.8, 4) is 11.5 Å². The maximum Gasteiger partial charge on any atom is 0.296 e. The fraction of sp³-hybridized carbons (Fsp3) is 0.333. The summed E-state index contributed by atoms with van der Waals surface area (Å²) in [6, 6.07) is 8.97. The van der Waals surface area contributed by atoms with Crippen LogP contribution in [0.15, 0.2) is 36.5 Å². The molecule has 3 rings (SSSR count). The summed E-state index contributed by atoms with van der Waals surface area (Å²) in [7, 11) is 3.33. The number of aryl methyl sites for hydroxylation is 1. The van der Waals surface area contributed by atoms with E-state index in [-0.39, 0.29) is 0 Å². The third-order valence-corrected chi connectivity index (χ3v) is 4.12. The van der Waals surface area contributed by atoms with Crippen LogP contribution in [0.3, 0.4) is 0 Å². The molecule has 0 saturated carbocycles. The second-order valence-electron chi connectivity index (χ2n) is 5.71. The highest BCUT2D eigenvalue weighted by Gasteiger charge is 2.27. The molecule has 1 aromatic heterocycles. The molecule has 1 aromatic carbocycles. The van der Waals surface area contributed by atoms with Crippen molar-refractivity contribution in [2.24, 2.45) is 7.05 Å². The highest BCUT2D eigenvalue weighted by atomic mass is 16.5. The topological polar surface area (TPSA) is 60.8 Å². The molecule has 6 heteroatoms. The number of Topliss-reactive ketones (excluding diaryl/α,β-unsaturated/α-hetero) is 1. The highest BCUT2D eigenvalue weighted by Crippen LogP contribution is 2.33. The molecule has 1 amide bonds. The number of carbonyl (C=O) groups is 2. The van der Waals surface area contributed by atoms with Crippen molar-refractivity contribution in [2.45, 2.75) is 13.0 Å². The first-order valence-electron chi connectivity index (χ1n) is 7.85. The number of hydrogen-bond acceptors (Lipinski definition) is 4. The molecule has 1 aliphatic rings. The first-order chi connectivity index (χ1) is 11.6. The molecule has 0 spiro atoms. The van der Waals surface area contributed by atoms with Gasteiger partial charge in [-0.05, 0) is 24.6 Å². The largest absolute Gasteiger partial charge is 0.493 e. The predicted molar refractivity (Wildman–Crippen MR) is 88.3 cm³/mol. The van der Waals surface area contributed by atoms with E-state index in [0.717, 1.165) is 5.56 Å². The smallest absolute Gasteiger partial charge is 0.296 e. The Bertz CT molecular complexity index is 766. The number of para-hydroxylation sites is 1. The van der Waals surface area contributed by atoms with Crippen LogP contribution in [-0.4, -0.2) is 41.4 Å². The van der Waals surface area contributed by atoms with Gasteiger partial charge in [0.1, 0.15) is 0 Å². The second kappa shape index (κ2) is 6.78. The predicted octanol–water partition coefficient (Wildman–Crippen LogP) is 2.03. The van der Waals surface area contributed by atoms with E-state index in [1.807, 2.05) is 18.2 Å². The molecule has 2 aromatic rings. The van der Waals surface area contributed by atoms with Crippen molar-refractivity contribution in [3.05, 3.63) is 47.8 Å². The minimum atomic E-state index is -0.493. The number of carbonyl (C=O) groups excluding carboxylic acids is 2. The summed E-state index contributed by atoms with van der Waals surface area (Å²) in [6.45, 7) is 1.27. The normalized spacial score (nSPS) is 14.2. The van der Waals surface area contributed by atoms with E-state index in [1.54, 1.807) is 42.0 Å². The Labute approximate surface area is 140 Å². The number of rotatable bonds is 3. The number of hydrogen-bond donors (Lipinski definition) is 0. The molecule has 1 aliphatic heterocycles. The van der Waals surface area contributed by atoms with Crippen LogP contribution in [0.2, 0.25) is 0 Å². The zero-order valence-electron chi connectivity index (χ0n) is 13.8. The quantitative estimate of drug-likeness (QED) is 0.639. The molecule has 0 atom stereocenters. The zero-order chi connectivity index (χ0) is 17.1. The van der Waals surface area contributed by atoms with E-state index in [4.69, 9.17) is 9.47 Å². The van der Waals surface area contributed by atoms with Gasteiger partial charge in [-0.25, -0.2) is 0 Å². The highest BCUT2D eigenvalue weighted by molar-refractivity contribution is 6.42. The summed E-state index contributed by atoms with van der Waals surface area (Å²) in [6.07, 6.45) is 2.41. The van der Waals surface area contributed by atoms with Gasteiger partial charge in [-0.15, -0.1) is 0 Å². The molecule has 0 saturated heterocycles. The summed E-state index contributed by atoms with van der Waals surface area (Å²) < 4.78 is 12.8. The summed E-state index contributed by atoms with van der Waals surface area (Å²) in [5.41, 5.74) is 1.23. The number of ketones is 1. The van der Waals surface area contributed by atoms with Crippen molar-refractivity contribution < 1.29 is 19.1 Å². The molecule has 0 fully saturated rings. The van der Waals surface area contributed by atoms with Crippen molar-refractivity contribution in [1.82, 2.24) is 9.47 Å². The van der Waals surface area contributed by atoms with Gasteiger partial charge in [0.05, 0.1) is 19.4 Å². The average molecular weight is 328 g/mol. The minimum Gasteiger partial charge on any atom is -0.493 e. The monoisotopic (exact) mass is 328 g/mol. The van der Waals surface area contributed by atoms with E-state index >= 15 is 0 Å². The number of methoxy groups -OCH3 is 1. The van der Waals surface area contributed by atoms with Gasteiger partial charge in [-0.2, -0.15) is 0 Å². The van der Waals surface area contributed by atoms with E-state index in [1.165, 1.54) is 0 Å². The Balaban J connectivity index is 1.87. The summed E-state index contributed by atoms with van der Waals surface area (Å²) in [5.74, 6) is 0.292. The number of fused-ring (bicyclic) bond motifs is 1. The number of benzene rings is 1. The lowest BCUT2D eigenvalue weighted by Crippen LogP contribution is -2.38. The lowest BCUT2D eigenvalue weighted by Gasteiger charge is -2.26. The number of nitrogens with zero attached hydrogens (tertiary/aromatic N) is 2. The standard InChI is InChI=1S/C18H20N2O4/c1-19-9-4-7-14(19)16(21)18(22)20-10-5-11-24-17-13(12-20)6-3-8-15(17)23-2/h3-4,6-9H,5,10-12H2,1-2H3. The summed E-state index contributed by atoms with van der Waals surface area (Å²) in [5, 5.41) is 0. The fourth-order valence-corrected chi connectivity index (χ4v) is 2.85. The molecule has 2 heterocycles. The van der Waals surface area contributed by atoms with Crippen molar-refractivity contribution in [1.29, 1.82) is 0 Å². The van der Waals surface area contributed by atoms with Crippen molar-refractivity contribution in [3.63, 3.8) is 0 Å². The van der Waals surface area contributed by atoms with Gasteiger partial charge in [0.15, 0.2) is 11.5 Å². The van der Waals surface area contributed by atoms with Gasteiger partial charge in [0.2, 0.25) is 0 Å². The van der Waals surface area contributed by atoms with E-state index in [0.29, 0.717) is 43.3 Å². The summed E-state index contributed by atoms with van der Waals surface area (Å²) in [4.78, 5) is 26.7. The number of aromatic nitrogens is 1. The van der Waals surface area contributed by atoms with Gasteiger partial charge in [-0.1, -0.05) is 12.1 Å². The first kappa shape index (κ1) is 16.1. The van der Waals surface area contributed by atoms with Crippen molar-refractivity contribution in [2.75, 3.05) is 20.3 Å². The zero-order valence-corrected chi connectivity index (χ0v) is 13.8. The van der Waals surface area contributed by atoms with Gasteiger partial charge in [0, 0.05) is 31.9 Å². The molecule has 24 heavy (non-hydrogen) atoms. The molecule has 0 aliphatic carbocycles. The van der Waals surface area contributed by atoms with Gasteiger partial charge >= 0.3 is 0 Å². The van der Waals surface area contributed by atoms with Crippen molar-refractivity contribution >= 4 is 11.7 Å². The van der Waals surface area contributed by atoms with Crippen LogP contribution in [0.4, 0.5) is 0 Å². The van der Waals surface area contributed by atoms with Gasteiger partial charge in [0.25, 0.3) is 11.7 Å². The van der Waals surface area contributed by atoms with Gasteiger partial charge < -0.3 is 18.9 Å². The summed E-state index contributed by atoms with van der Waals surface area (Å²) >= 11 is 0. The fourth-order valence-electron chi connectivity index (χ4n) is 2.85. The lowest BCUT2D eigenvalue weighted by molar-refractivity contribution is -0.127. The maximum atomic E-state index is 12.7. The number of ether oxygens (including phenoxy) is 2. The van der Waals surface area contributed by atoms with Crippen LogP contribution in [0.1, 0.15) is 22.5 Å². The van der Waals surface area contributed by atoms with E-state index in [2.05, 4.69) is 0 Å². The Kier molecular flexibility index (Phi) is 4.55. The third kappa shape index (κ3) is 2.99. The molecule has 6 nitrogen and oxygen atoms in total. The van der Waals surface area contributed by atoms with Crippen LogP contribution < -0.4 is 9.47 Å². The Morgan fingerprint density at radius 1 is 1.21 bits per heavy atom.